The number of hydrogen-bond acceptors (Lipinski definition) is 2. The van der Waals surface area contributed by atoms with Crippen molar-refractivity contribution >= 4 is 17.5 Å². The molecule has 2 aliphatic rings. The zero-order valence-electron chi connectivity index (χ0n) is 12.7. The molecule has 22 heavy (non-hydrogen) atoms. The first-order valence-corrected chi connectivity index (χ1v) is 8.47. The number of benzene rings is 1. The molecule has 1 atom stereocenters. The van der Waals surface area contributed by atoms with E-state index in [0.29, 0.717) is 29.6 Å². The van der Waals surface area contributed by atoms with Gasteiger partial charge in [0.1, 0.15) is 5.82 Å². The molecule has 1 aromatic carbocycles. The van der Waals surface area contributed by atoms with E-state index in [4.69, 9.17) is 11.6 Å². The Hall–Kier alpha value is -1.13. The highest BCUT2D eigenvalue weighted by molar-refractivity contribution is 6.31. The molecular formula is C17H22ClFN2O. The maximum Gasteiger partial charge on any atom is 0.222 e. The fourth-order valence-corrected chi connectivity index (χ4v) is 3.74. The average molecular weight is 325 g/mol. The lowest BCUT2D eigenvalue weighted by Gasteiger charge is -2.38. The Kier molecular flexibility index (Phi) is 4.99. The van der Waals surface area contributed by atoms with Crippen LogP contribution in [0, 0.1) is 5.82 Å². The van der Waals surface area contributed by atoms with Crippen LogP contribution in [0.5, 0.6) is 0 Å². The smallest absolute Gasteiger partial charge is 0.222 e. The monoisotopic (exact) mass is 324 g/mol. The van der Waals surface area contributed by atoms with Gasteiger partial charge in [-0.1, -0.05) is 24.1 Å². The van der Waals surface area contributed by atoms with E-state index < -0.39 is 0 Å². The topological polar surface area (TPSA) is 23.6 Å². The highest BCUT2D eigenvalue weighted by Crippen LogP contribution is 2.26. The van der Waals surface area contributed by atoms with Gasteiger partial charge in [0.25, 0.3) is 0 Å². The number of rotatable bonds is 4. The highest BCUT2D eigenvalue weighted by atomic mass is 35.5. The summed E-state index contributed by atoms with van der Waals surface area (Å²) in [6, 6.07) is 5.15. The largest absolute Gasteiger partial charge is 0.341 e. The standard InChI is InChI=1S/C17H22ClFN2O/c18-15-6-3-7-16(19)14(15)12-20-9-2-1-5-13(20)11-21-10-4-8-17(21)22/h3,6-7,13H,1-2,4-5,8-12H2. The Bertz CT molecular complexity index is 531. The molecule has 2 heterocycles. The highest BCUT2D eigenvalue weighted by Gasteiger charge is 2.29. The van der Waals surface area contributed by atoms with Crippen LogP contribution in [-0.4, -0.2) is 41.4 Å². The zero-order chi connectivity index (χ0) is 15.5. The lowest BCUT2D eigenvalue weighted by molar-refractivity contribution is -0.128. The van der Waals surface area contributed by atoms with Gasteiger partial charge in [-0.2, -0.15) is 0 Å². The lowest BCUT2D eigenvalue weighted by Crippen LogP contribution is -2.46. The fraction of sp³-hybridized carbons (Fsp3) is 0.588. The summed E-state index contributed by atoms with van der Waals surface area (Å²) in [6.45, 7) is 3.10. The molecular weight excluding hydrogens is 303 g/mol. The number of carbonyl (C=O) groups is 1. The predicted molar refractivity (Wildman–Crippen MR) is 85.3 cm³/mol. The normalized spacial score (nSPS) is 23.3. The lowest BCUT2D eigenvalue weighted by atomic mass is 10.0. The molecule has 120 valence electrons. The van der Waals surface area contributed by atoms with Gasteiger partial charge in [0.05, 0.1) is 0 Å². The number of piperidine rings is 1. The first-order valence-electron chi connectivity index (χ1n) is 8.10. The van der Waals surface area contributed by atoms with Gasteiger partial charge in [0.15, 0.2) is 0 Å². The Labute approximate surface area is 136 Å². The average Bonchev–Trinajstić information content (AvgIpc) is 2.90. The third kappa shape index (κ3) is 3.44. The molecule has 3 rings (SSSR count). The van der Waals surface area contributed by atoms with Gasteiger partial charge in [0.2, 0.25) is 5.91 Å². The molecule has 1 aromatic rings. The Morgan fingerprint density at radius 1 is 1.23 bits per heavy atom. The molecule has 2 aliphatic heterocycles. The summed E-state index contributed by atoms with van der Waals surface area (Å²) >= 11 is 6.16. The van der Waals surface area contributed by atoms with Crippen molar-refractivity contribution < 1.29 is 9.18 Å². The van der Waals surface area contributed by atoms with Crippen LogP contribution in [0.4, 0.5) is 4.39 Å². The minimum atomic E-state index is -0.242. The summed E-state index contributed by atoms with van der Waals surface area (Å²) in [6.07, 6.45) is 5.00. The van der Waals surface area contributed by atoms with E-state index in [1.165, 1.54) is 12.5 Å². The van der Waals surface area contributed by atoms with Gasteiger partial charge in [-0.15, -0.1) is 0 Å². The van der Waals surface area contributed by atoms with Crippen LogP contribution in [0.25, 0.3) is 0 Å². The molecule has 1 unspecified atom stereocenters. The van der Waals surface area contributed by atoms with Crippen molar-refractivity contribution in [3.63, 3.8) is 0 Å². The van der Waals surface area contributed by atoms with Gasteiger partial charge in [-0.25, -0.2) is 4.39 Å². The first-order chi connectivity index (χ1) is 10.6. The maximum absolute atomic E-state index is 14.0. The van der Waals surface area contributed by atoms with Crippen molar-refractivity contribution in [2.75, 3.05) is 19.6 Å². The molecule has 0 aromatic heterocycles. The third-order valence-electron chi connectivity index (χ3n) is 4.77. The van der Waals surface area contributed by atoms with Crippen LogP contribution in [0.15, 0.2) is 18.2 Å². The summed E-state index contributed by atoms with van der Waals surface area (Å²) in [5.74, 6) is 0.0171. The molecule has 0 saturated carbocycles. The van der Waals surface area contributed by atoms with Crippen LogP contribution in [0.1, 0.15) is 37.7 Å². The molecule has 0 N–H and O–H groups in total. The minimum Gasteiger partial charge on any atom is -0.341 e. The predicted octanol–water partition coefficient (Wildman–Crippen LogP) is 3.46. The Morgan fingerprint density at radius 3 is 2.82 bits per heavy atom. The van der Waals surface area contributed by atoms with Crippen molar-refractivity contribution in [2.24, 2.45) is 0 Å². The summed E-state index contributed by atoms with van der Waals surface area (Å²) < 4.78 is 14.0. The zero-order valence-corrected chi connectivity index (χ0v) is 13.5. The van der Waals surface area contributed by atoms with Gasteiger partial charge in [-0.05, 0) is 37.9 Å². The van der Waals surface area contributed by atoms with Crippen LogP contribution in [0.3, 0.4) is 0 Å². The SMILES string of the molecule is O=C1CCCN1CC1CCCCN1Cc1c(F)cccc1Cl. The van der Waals surface area contributed by atoms with E-state index in [-0.39, 0.29) is 11.7 Å². The Balaban J connectivity index is 1.71. The van der Waals surface area contributed by atoms with Crippen LogP contribution < -0.4 is 0 Å². The van der Waals surface area contributed by atoms with E-state index in [0.717, 1.165) is 38.9 Å². The number of carbonyl (C=O) groups excluding carboxylic acids is 1. The van der Waals surface area contributed by atoms with E-state index >= 15 is 0 Å². The fourth-order valence-electron chi connectivity index (χ4n) is 3.51. The maximum atomic E-state index is 14.0. The molecule has 5 heteroatoms. The van der Waals surface area contributed by atoms with E-state index in [1.807, 2.05) is 4.90 Å². The molecule has 0 radical (unpaired) electrons. The van der Waals surface area contributed by atoms with Gasteiger partial charge < -0.3 is 4.90 Å². The van der Waals surface area contributed by atoms with E-state index in [2.05, 4.69) is 4.90 Å². The summed E-state index contributed by atoms with van der Waals surface area (Å²) in [7, 11) is 0. The summed E-state index contributed by atoms with van der Waals surface area (Å²) in [5.41, 5.74) is 0.573. The van der Waals surface area contributed by atoms with Crippen molar-refractivity contribution in [1.82, 2.24) is 9.80 Å². The second-order valence-corrected chi connectivity index (χ2v) is 6.67. The molecule has 0 spiro atoms. The summed E-state index contributed by atoms with van der Waals surface area (Å²) in [4.78, 5) is 16.1. The molecule has 0 bridgehead atoms. The minimum absolute atomic E-state index is 0.242. The molecule has 2 saturated heterocycles. The summed E-state index contributed by atoms with van der Waals surface area (Å²) in [5, 5.41) is 0.488. The van der Waals surface area contributed by atoms with E-state index in [1.54, 1.807) is 12.1 Å². The second kappa shape index (κ2) is 6.97. The number of hydrogen-bond donors (Lipinski definition) is 0. The number of likely N-dealkylation sites (tertiary alicyclic amines) is 2. The van der Waals surface area contributed by atoms with Crippen molar-refractivity contribution in [3.8, 4) is 0 Å². The van der Waals surface area contributed by atoms with E-state index in [9.17, 15) is 9.18 Å². The van der Waals surface area contributed by atoms with Crippen LogP contribution in [0.2, 0.25) is 5.02 Å². The second-order valence-electron chi connectivity index (χ2n) is 6.26. The van der Waals surface area contributed by atoms with Crippen molar-refractivity contribution in [1.29, 1.82) is 0 Å². The molecule has 2 fully saturated rings. The quantitative estimate of drug-likeness (QED) is 0.847. The Morgan fingerprint density at radius 2 is 2.09 bits per heavy atom. The van der Waals surface area contributed by atoms with Gasteiger partial charge >= 0.3 is 0 Å². The van der Waals surface area contributed by atoms with Crippen LogP contribution in [-0.2, 0) is 11.3 Å². The number of halogens is 2. The first kappa shape index (κ1) is 15.8. The molecule has 1 amide bonds. The van der Waals surface area contributed by atoms with Crippen molar-refractivity contribution in [2.45, 2.75) is 44.7 Å². The van der Waals surface area contributed by atoms with Gasteiger partial charge in [-0.3, -0.25) is 9.69 Å². The number of amides is 1. The van der Waals surface area contributed by atoms with Crippen molar-refractivity contribution in [3.05, 3.63) is 34.6 Å². The third-order valence-corrected chi connectivity index (χ3v) is 5.13. The number of nitrogens with zero attached hydrogens (tertiary/aromatic N) is 2. The molecule has 0 aliphatic carbocycles. The molecule has 3 nitrogen and oxygen atoms in total. The van der Waals surface area contributed by atoms with Crippen LogP contribution >= 0.6 is 11.6 Å². The van der Waals surface area contributed by atoms with Gasteiger partial charge in [0, 0.05) is 42.7 Å².